The molecule has 0 aliphatic carbocycles. The third-order valence-electron chi connectivity index (χ3n) is 3.23. The fourth-order valence-electron chi connectivity index (χ4n) is 2.17. The SMILES string of the molecule is O=c1cc(Cn2nnc(-c3ccccc3Cl)n2)nc2sccn12. The van der Waals surface area contributed by atoms with E-state index in [0.29, 0.717) is 27.1 Å². The highest BCUT2D eigenvalue weighted by atomic mass is 35.5. The molecule has 114 valence electrons. The van der Waals surface area contributed by atoms with Crippen LogP contribution in [0.25, 0.3) is 16.3 Å². The van der Waals surface area contributed by atoms with Crippen LogP contribution in [0.5, 0.6) is 0 Å². The number of fused-ring (bicyclic) bond motifs is 1. The number of rotatable bonds is 3. The number of tetrazole rings is 1. The van der Waals surface area contributed by atoms with Gasteiger partial charge in [0, 0.05) is 23.2 Å². The molecule has 0 radical (unpaired) electrons. The highest BCUT2D eigenvalue weighted by Crippen LogP contribution is 2.23. The number of halogens is 1. The molecule has 0 fully saturated rings. The van der Waals surface area contributed by atoms with Gasteiger partial charge in [0.15, 0.2) is 4.96 Å². The van der Waals surface area contributed by atoms with Crippen molar-refractivity contribution in [1.82, 2.24) is 29.6 Å². The lowest BCUT2D eigenvalue weighted by Gasteiger charge is -1.99. The van der Waals surface area contributed by atoms with Gasteiger partial charge in [-0.3, -0.25) is 9.20 Å². The molecule has 0 bridgehead atoms. The molecule has 1 aromatic carbocycles. The Balaban J connectivity index is 1.67. The summed E-state index contributed by atoms with van der Waals surface area (Å²) in [6.07, 6.45) is 1.70. The smallest absolute Gasteiger partial charge is 0.258 e. The van der Waals surface area contributed by atoms with Gasteiger partial charge in [-0.25, -0.2) is 4.98 Å². The van der Waals surface area contributed by atoms with Gasteiger partial charge in [-0.2, -0.15) is 4.80 Å². The van der Waals surface area contributed by atoms with Crippen LogP contribution in [0.3, 0.4) is 0 Å². The summed E-state index contributed by atoms with van der Waals surface area (Å²) in [6, 6.07) is 8.76. The van der Waals surface area contributed by atoms with Gasteiger partial charge in [-0.05, 0) is 17.3 Å². The van der Waals surface area contributed by atoms with Crippen molar-refractivity contribution in [2.24, 2.45) is 0 Å². The van der Waals surface area contributed by atoms with Crippen molar-refractivity contribution in [3.8, 4) is 11.4 Å². The molecule has 0 atom stereocenters. The van der Waals surface area contributed by atoms with E-state index < -0.39 is 0 Å². The van der Waals surface area contributed by atoms with Gasteiger partial charge >= 0.3 is 0 Å². The number of hydrogen-bond acceptors (Lipinski definition) is 6. The Hall–Kier alpha value is -2.58. The van der Waals surface area contributed by atoms with Crippen LogP contribution in [-0.4, -0.2) is 29.6 Å². The molecule has 0 unspecified atom stereocenters. The molecule has 0 amide bonds. The second-order valence-electron chi connectivity index (χ2n) is 4.76. The third-order valence-corrected chi connectivity index (χ3v) is 4.31. The average Bonchev–Trinajstić information content (AvgIpc) is 3.17. The van der Waals surface area contributed by atoms with Crippen LogP contribution in [0, 0.1) is 0 Å². The summed E-state index contributed by atoms with van der Waals surface area (Å²) in [4.78, 5) is 18.4. The number of aromatic nitrogens is 6. The standard InChI is InChI=1S/C14H9ClN6OS/c15-11-4-2-1-3-10(11)13-17-19-21(18-13)8-9-7-12(22)20-5-6-23-14(20)16-9/h1-7H,8H2. The molecule has 3 heterocycles. The van der Waals surface area contributed by atoms with E-state index in [-0.39, 0.29) is 12.1 Å². The Bertz CT molecular complexity index is 1050. The Labute approximate surface area is 138 Å². The molecule has 23 heavy (non-hydrogen) atoms. The van der Waals surface area contributed by atoms with Gasteiger partial charge in [-0.15, -0.1) is 21.5 Å². The maximum absolute atomic E-state index is 12.0. The summed E-state index contributed by atoms with van der Waals surface area (Å²) in [6.45, 7) is 0.265. The van der Waals surface area contributed by atoms with E-state index in [2.05, 4.69) is 20.4 Å². The Morgan fingerprint density at radius 2 is 2.13 bits per heavy atom. The van der Waals surface area contributed by atoms with Crippen molar-refractivity contribution in [1.29, 1.82) is 0 Å². The zero-order chi connectivity index (χ0) is 15.8. The van der Waals surface area contributed by atoms with Crippen molar-refractivity contribution >= 4 is 27.9 Å². The summed E-state index contributed by atoms with van der Waals surface area (Å²) < 4.78 is 1.50. The largest absolute Gasteiger partial charge is 0.269 e. The van der Waals surface area contributed by atoms with Crippen molar-refractivity contribution in [2.75, 3.05) is 0 Å². The second-order valence-corrected chi connectivity index (χ2v) is 6.04. The zero-order valence-electron chi connectivity index (χ0n) is 11.6. The summed E-state index contributed by atoms with van der Waals surface area (Å²) >= 11 is 7.53. The minimum absolute atomic E-state index is 0.127. The first-order valence-corrected chi connectivity index (χ1v) is 7.95. The van der Waals surface area contributed by atoms with E-state index in [1.165, 1.54) is 26.6 Å². The monoisotopic (exact) mass is 344 g/mol. The minimum Gasteiger partial charge on any atom is -0.269 e. The molecule has 0 spiro atoms. The molecule has 0 aliphatic rings. The predicted octanol–water partition coefficient (Wildman–Crippen LogP) is 2.11. The van der Waals surface area contributed by atoms with E-state index in [1.54, 1.807) is 12.3 Å². The molecule has 4 rings (SSSR count). The van der Waals surface area contributed by atoms with Gasteiger partial charge in [-0.1, -0.05) is 23.7 Å². The lowest BCUT2D eigenvalue weighted by molar-refractivity contribution is 0.564. The topological polar surface area (TPSA) is 78.0 Å². The molecule has 0 saturated carbocycles. The summed E-state index contributed by atoms with van der Waals surface area (Å²) in [5, 5.41) is 14.7. The van der Waals surface area contributed by atoms with Gasteiger partial charge in [0.05, 0.1) is 10.7 Å². The van der Waals surface area contributed by atoms with Gasteiger partial charge in [0.25, 0.3) is 5.56 Å². The highest BCUT2D eigenvalue weighted by Gasteiger charge is 2.11. The average molecular weight is 345 g/mol. The van der Waals surface area contributed by atoms with Crippen molar-refractivity contribution < 1.29 is 0 Å². The molecule has 4 aromatic rings. The van der Waals surface area contributed by atoms with Crippen LogP contribution in [0.1, 0.15) is 5.69 Å². The van der Waals surface area contributed by atoms with Gasteiger partial charge in [0.2, 0.25) is 5.82 Å². The van der Waals surface area contributed by atoms with Crippen molar-refractivity contribution in [3.05, 3.63) is 63.0 Å². The van der Waals surface area contributed by atoms with E-state index in [4.69, 9.17) is 11.6 Å². The van der Waals surface area contributed by atoms with Crippen LogP contribution >= 0.6 is 22.9 Å². The molecule has 3 aromatic heterocycles. The van der Waals surface area contributed by atoms with Crippen LogP contribution < -0.4 is 5.56 Å². The molecule has 0 aliphatic heterocycles. The van der Waals surface area contributed by atoms with E-state index in [0.717, 1.165) is 0 Å². The first-order valence-electron chi connectivity index (χ1n) is 6.69. The van der Waals surface area contributed by atoms with Gasteiger partial charge in [0.1, 0.15) is 6.54 Å². The Morgan fingerprint density at radius 1 is 1.26 bits per heavy atom. The molecule has 7 nitrogen and oxygen atoms in total. The van der Waals surface area contributed by atoms with E-state index >= 15 is 0 Å². The van der Waals surface area contributed by atoms with Crippen molar-refractivity contribution in [2.45, 2.75) is 6.54 Å². The lowest BCUT2D eigenvalue weighted by atomic mass is 10.2. The Morgan fingerprint density at radius 3 is 3.00 bits per heavy atom. The normalized spacial score (nSPS) is 11.2. The highest BCUT2D eigenvalue weighted by molar-refractivity contribution is 7.15. The van der Waals surface area contributed by atoms with Crippen molar-refractivity contribution in [3.63, 3.8) is 0 Å². The maximum Gasteiger partial charge on any atom is 0.258 e. The first kappa shape index (κ1) is 14.0. The first-order chi connectivity index (χ1) is 11.2. The molecule has 0 saturated heterocycles. The van der Waals surface area contributed by atoms with E-state index in [1.807, 2.05) is 23.6 Å². The zero-order valence-corrected chi connectivity index (χ0v) is 13.2. The summed E-state index contributed by atoms with van der Waals surface area (Å²) in [7, 11) is 0. The molecule has 9 heteroatoms. The lowest BCUT2D eigenvalue weighted by Crippen LogP contribution is -2.15. The maximum atomic E-state index is 12.0. The third kappa shape index (κ3) is 2.62. The van der Waals surface area contributed by atoms with Gasteiger partial charge < -0.3 is 0 Å². The van der Waals surface area contributed by atoms with Crippen LogP contribution in [0.15, 0.2) is 46.7 Å². The fourth-order valence-corrected chi connectivity index (χ4v) is 3.13. The minimum atomic E-state index is -0.127. The predicted molar refractivity (Wildman–Crippen MR) is 86.7 cm³/mol. The summed E-state index contributed by atoms with van der Waals surface area (Å²) in [5.41, 5.74) is 1.17. The molecule has 0 N–H and O–H groups in total. The second kappa shape index (κ2) is 5.56. The number of thiazole rings is 1. The number of benzene rings is 1. The van der Waals surface area contributed by atoms with E-state index in [9.17, 15) is 4.79 Å². The number of hydrogen-bond donors (Lipinski definition) is 0. The fraction of sp³-hybridized carbons (Fsp3) is 0.0714. The van der Waals surface area contributed by atoms with Crippen LogP contribution in [0.2, 0.25) is 5.02 Å². The Kier molecular flexibility index (Phi) is 3.40. The number of nitrogens with zero attached hydrogens (tertiary/aromatic N) is 6. The van der Waals surface area contributed by atoms with Crippen LogP contribution in [-0.2, 0) is 6.54 Å². The quantitative estimate of drug-likeness (QED) is 0.569. The summed E-state index contributed by atoms with van der Waals surface area (Å²) in [5.74, 6) is 0.435. The molecular formula is C14H9ClN6OS. The molecular weight excluding hydrogens is 336 g/mol. The van der Waals surface area contributed by atoms with Crippen LogP contribution in [0.4, 0.5) is 0 Å².